The Kier molecular flexibility index (Phi) is 7.86. The van der Waals surface area contributed by atoms with Crippen LogP contribution in [0.25, 0.3) is 6.08 Å². The molecule has 2 fully saturated rings. The van der Waals surface area contributed by atoms with E-state index < -0.39 is 17.7 Å². The van der Waals surface area contributed by atoms with Crippen molar-refractivity contribution < 1.29 is 23.5 Å². The summed E-state index contributed by atoms with van der Waals surface area (Å²) in [6, 6.07) is 5.53. The van der Waals surface area contributed by atoms with Gasteiger partial charge in [0.05, 0.1) is 0 Å². The summed E-state index contributed by atoms with van der Waals surface area (Å²) in [7, 11) is 0. The SMILES string of the molecule is CC(C)C1CC[C@@H](C)C[C@H]1OC(=O)C1C/C(=C\c2cccc(F)c2)CN1C(=O)OC(C)(C)C. The molecule has 4 atom stereocenters. The molecule has 1 aliphatic heterocycles. The van der Waals surface area contributed by atoms with Crippen molar-refractivity contribution in [3.63, 3.8) is 0 Å². The molecular weight excluding hydrogens is 421 g/mol. The number of carbonyl (C=O) groups is 2. The number of nitrogens with zero attached hydrogens (tertiary/aromatic N) is 1. The van der Waals surface area contributed by atoms with E-state index in [1.807, 2.05) is 6.08 Å². The molecule has 6 heteroatoms. The number of amides is 1. The fourth-order valence-corrected chi connectivity index (χ4v) is 4.89. The Bertz CT molecular complexity index is 888. The van der Waals surface area contributed by atoms with E-state index in [4.69, 9.17) is 9.47 Å². The summed E-state index contributed by atoms with van der Waals surface area (Å²) in [6.45, 7) is 12.2. The smallest absolute Gasteiger partial charge is 0.411 e. The minimum Gasteiger partial charge on any atom is -0.461 e. The van der Waals surface area contributed by atoms with E-state index in [9.17, 15) is 14.0 Å². The van der Waals surface area contributed by atoms with Gasteiger partial charge in [-0.3, -0.25) is 4.90 Å². The first-order chi connectivity index (χ1) is 15.4. The Morgan fingerprint density at radius 2 is 1.94 bits per heavy atom. The van der Waals surface area contributed by atoms with Crippen LogP contribution >= 0.6 is 0 Å². The summed E-state index contributed by atoms with van der Waals surface area (Å²) in [5.41, 5.74) is 0.886. The number of hydrogen-bond donors (Lipinski definition) is 0. The van der Waals surface area contributed by atoms with Gasteiger partial charge in [0.2, 0.25) is 0 Å². The molecule has 5 nitrogen and oxygen atoms in total. The summed E-state index contributed by atoms with van der Waals surface area (Å²) in [5, 5.41) is 0. The number of rotatable bonds is 4. The standard InChI is InChI=1S/C27H38FNO4/c1-17(2)22-11-10-18(3)12-24(22)32-25(30)23-15-20(13-19-8-7-9-21(28)14-19)16-29(23)26(31)33-27(4,5)6/h7-9,13-14,17-18,22-24H,10-12,15-16H2,1-6H3/b20-13+/t18-,22?,23?,24-/m1/s1. The average molecular weight is 460 g/mol. The van der Waals surface area contributed by atoms with Crippen molar-refractivity contribution in [2.45, 2.75) is 85.0 Å². The molecule has 1 aromatic carbocycles. The summed E-state index contributed by atoms with van der Waals surface area (Å²) in [6.07, 6.45) is 4.55. The minimum atomic E-state index is -0.746. The van der Waals surface area contributed by atoms with Gasteiger partial charge in [-0.25, -0.2) is 14.0 Å². The number of ether oxygens (including phenoxy) is 2. The van der Waals surface area contributed by atoms with E-state index >= 15 is 0 Å². The molecule has 1 saturated carbocycles. The summed E-state index contributed by atoms with van der Waals surface area (Å²) < 4.78 is 25.3. The molecule has 1 amide bonds. The van der Waals surface area contributed by atoms with Gasteiger partial charge in [-0.2, -0.15) is 0 Å². The third kappa shape index (κ3) is 6.81. The van der Waals surface area contributed by atoms with E-state index in [0.29, 0.717) is 29.7 Å². The Hall–Kier alpha value is -2.37. The molecule has 0 bridgehead atoms. The van der Waals surface area contributed by atoms with Crippen LogP contribution in [0.4, 0.5) is 9.18 Å². The lowest BCUT2D eigenvalue weighted by molar-refractivity contribution is -0.161. The van der Waals surface area contributed by atoms with Gasteiger partial charge in [0.15, 0.2) is 0 Å². The molecule has 1 saturated heterocycles. The lowest BCUT2D eigenvalue weighted by Crippen LogP contribution is -2.46. The van der Waals surface area contributed by atoms with Gasteiger partial charge in [-0.1, -0.05) is 45.4 Å². The lowest BCUT2D eigenvalue weighted by Gasteiger charge is -2.37. The van der Waals surface area contributed by atoms with Crippen LogP contribution in [-0.4, -0.2) is 41.3 Å². The topological polar surface area (TPSA) is 55.8 Å². The second kappa shape index (κ2) is 10.3. The maximum absolute atomic E-state index is 13.6. The summed E-state index contributed by atoms with van der Waals surface area (Å²) in [4.78, 5) is 27.8. The van der Waals surface area contributed by atoms with Gasteiger partial charge in [0.1, 0.15) is 23.6 Å². The maximum Gasteiger partial charge on any atom is 0.411 e. The van der Waals surface area contributed by atoms with Crippen LogP contribution in [0.1, 0.15) is 72.8 Å². The molecule has 1 aromatic rings. The zero-order valence-corrected chi connectivity index (χ0v) is 20.8. The van der Waals surface area contributed by atoms with Crippen LogP contribution in [0.5, 0.6) is 0 Å². The quantitative estimate of drug-likeness (QED) is 0.502. The van der Waals surface area contributed by atoms with E-state index in [1.54, 1.807) is 32.9 Å². The molecule has 3 rings (SSSR count). The average Bonchev–Trinajstić information content (AvgIpc) is 3.10. The zero-order valence-electron chi connectivity index (χ0n) is 20.8. The van der Waals surface area contributed by atoms with Crippen molar-refractivity contribution in [1.29, 1.82) is 0 Å². The van der Waals surface area contributed by atoms with E-state index in [-0.39, 0.29) is 24.4 Å². The molecule has 1 heterocycles. The monoisotopic (exact) mass is 459 g/mol. The summed E-state index contributed by atoms with van der Waals surface area (Å²) in [5.74, 6) is 0.543. The van der Waals surface area contributed by atoms with Crippen molar-refractivity contribution in [3.05, 3.63) is 41.2 Å². The molecule has 0 N–H and O–H groups in total. The third-order valence-corrected chi connectivity index (χ3v) is 6.55. The highest BCUT2D eigenvalue weighted by Gasteiger charge is 2.42. The first kappa shape index (κ1) is 25.3. The molecule has 0 radical (unpaired) electrons. The molecular formula is C27H38FNO4. The largest absolute Gasteiger partial charge is 0.461 e. The second-order valence-corrected chi connectivity index (χ2v) is 11.0. The fourth-order valence-electron chi connectivity index (χ4n) is 4.89. The Labute approximate surface area is 197 Å². The molecule has 2 unspecified atom stereocenters. The van der Waals surface area contributed by atoms with Crippen molar-refractivity contribution in [3.8, 4) is 0 Å². The Morgan fingerprint density at radius 1 is 1.21 bits per heavy atom. The maximum atomic E-state index is 13.6. The van der Waals surface area contributed by atoms with E-state index in [1.165, 1.54) is 17.0 Å². The highest BCUT2D eigenvalue weighted by Crippen LogP contribution is 2.36. The normalized spacial score (nSPS) is 27.2. The van der Waals surface area contributed by atoms with Crippen molar-refractivity contribution in [2.24, 2.45) is 17.8 Å². The predicted octanol–water partition coefficient (Wildman–Crippen LogP) is 6.22. The number of esters is 1. The van der Waals surface area contributed by atoms with Crippen molar-refractivity contribution in [2.75, 3.05) is 6.54 Å². The first-order valence-corrected chi connectivity index (χ1v) is 12.1. The molecule has 0 spiro atoms. The molecule has 33 heavy (non-hydrogen) atoms. The van der Waals surface area contributed by atoms with E-state index in [2.05, 4.69) is 20.8 Å². The molecule has 182 valence electrons. The van der Waals surface area contributed by atoms with Crippen LogP contribution in [0.3, 0.4) is 0 Å². The van der Waals surface area contributed by atoms with Gasteiger partial charge in [-0.05, 0) is 74.6 Å². The lowest BCUT2D eigenvalue weighted by atomic mass is 9.75. The predicted molar refractivity (Wildman–Crippen MR) is 127 cm³/mol. The van der Waals surface area contributed by atoms with Gasteiger partial charge in [0.25, 0.3) is 0 Å². The van der Waals surface area contributed by atoms with Gasteiger partial charge < -0.3 is 9.47 Å². The van der Waals surface area contributed by atoms with Crippen molar-refractivity contribution >= 4 is 18.1 Å². The number of likely N-dealkylation sites (tertiary alicyclic amines) is 1. The van der Waals surface area contributed by atoms with Crippen molar-refractivity contribution in [1.82, 2.24) is 4.90 Å². The first-order valence-electron chi connectivity index (χ1n) is 12.1. The minimum absolute atomic E-state index is 0.141. The zero-order chi connectivity index (χ0) is 24.3. The third-order valence-electron chi connectivity index (χ3n) is 6.55. The van der Waals surface area contributed by atoms with Gasteiger partial charge in [0, 0.05) is 13.0 Å². The van der Waals surface area contributed by atoms with Gasteiger partial charge >= 0.3 is 12.1 Å². The fraction of sp³-hybridized carbons (Fsp3) is 0.630. The second-order valence-electron chi connectivity index (χ2n) is 11.0. The summed E-state index contributed by atoms with van der Waals surface area (Å²) >= 11 is 0. The Morgan fingerprint density at radius 3 is 2.58 bits per heavy atom. The number of hydrogen-bond acceptors (Lipinski definition) is 4. The molecule has 2 aliphatic rings. The molecule has 0 aromatic heterocycles. The number of carbonyl (C=O) groups excluding carboxylic acids is 2. The van der Waals surface area contributed by atoms with Gasteiger partial charge in [-0.15, -0.1) is 0 Å². The van der Waals surface area contributed by atoms with Crippen LogP contribution < -0.4 is 0 Å². The van der Waals surface area contributed by atoms with Crippen LogP contribution in [-0.2, 0) is 14.3 Å². The highest BCUT2D eigenvalue weighted by atomic mass is 19.1. The van der Waals surface area contributed by atoms with Crippen LogP contribution in [0.15, 0.2) is 29.8 Å². The number of benzene rings is 1. The number of halogens is 1. The highest BCUT2D eigenvalue weighted by molar-refractivity contribution is 5.84. The molecule has 1 aliphatic carbocycles. The van der Waals surface area contributed by atoms with Crippen LogP contribution in [0, 0.1) is 23.6 Å². The van der Waals surface area contributed by atoms with E-state index in [0.717, 1.165) is 24.8 Å². The Balaban J connectivity index is 1.82. The van der Waals surface area contributed by atoms with Crippen LogP contribution in [0.2, 0.25) is 0 Å².